The van der Waals surface area contributed by atoms with Crippen molar-refractivity contribution < 1.29 is 17.9 Å². The number of anilines is 1. The van der Waals surface area contributed by atoms with Crippen molar-refractivity contribution in [2.75, 3.05) is 18.5 Å². The van der Waals surface area contributed by atoms with Gasteiger partial charge in [-0.2, -0.15) is 0 Å². The Kier molecular flexibility index (Phi) is 6.47. The van der Waals surface area contributed by atoms with E-state index in [2.05, 4.69) is 12.2 Å². The molecule has 1 aliphatic carbocycles. The van der Waals surface area contributed by atoms with E-state index in [1.54, 1.807) is 43.5 Å². The van der Waals surface area contributed by atoms with Crippen LogP contribution in [0.2, 0.25) is 0 Å². The Morgan fingerprint density at radius 1 is 1.10 bits per heavy atom. The van der Waals surface area contributed by atoms with Gasteiger partial charge in [0.15, 0.2) is 0 Å². The van der Waals surface area contributed by atoms with Crippen LogP contribution in [-0.2, 0) is 10.0 Å². The van der Waals surface area contributed by atoms with Gasteiger partial charge in [0.2, 0.25) is 0 Å². The first kappa shape index (κ1) is 21.2. The van der Waals surface area contributed by atoms with Gasteiger partial charge in [-0.25, -0.2) is 8.42 Å². The zero-order chi connectivity index (χ0) is 21.0. The Morgan fingerprint density at radius 3 is 2.45 bits per heavy atom. The Hall–Kier alpha value is -2.54. The number of methoxy groups -OCH3 is 1. The third kappa shape index (κ3) is 4.72. The van der Waals surface area contributed by atoms with E-state index >= 15 is 0 Å². The lowest BCUT2D eigenvalue weighted by Crippen LogP contribution is -2.41. The molecule has 0 unspecified atom stereocenters. The third-order valence-corrected chi connectivity index (χ3v) is 7.40. The number of ether oxygens (including phenoxy) is 1. The SMILES string of the molecule is COc1ccc(N(C)S(=O)(=O)c2cccc(C(=O)N[C@@H]3CCCC[C@@H]3C)c2)cc1. The van der Waals surface area contributed by atoms with Crippen LogP contribution in [0.1, 0.15) is 43.0 Å². The molecule has 0 heterocycles. The molecule has 0 saturated heterocycles. The van der Waals surface area contributed by atoms with Crippen LogP contribution in [0.5, 0.6) is 5.75 Å². The van der Waals surface area contributed by atoms with Gasteiger partial charge in [0.05, 0.1) is 17.7 Å². The second kappa shape index (κ2) is 8.86. The van der Waals surface area contributed by atoms with Crippen molar-refractivity contribution >= 4 is 21.6 Å². The Bertz CT molecular complexity index is 957. The van der Waals surface area contributed by atoms with Gasteiger partial charge in [-0.05, 0) is 61.2 Å². The van der Waals surface area contributed by atoms with Crippen LogP contribution in [0, 0.1) is 5.92 Å². The first-order valence-electron chi connectivity index (χ1n) is 9.87. The lowest BCUT2D eigenvalue weighted by atomic mass is 9.86. The van der Waals surface area contributed by atoms with Crippen LogP contribution in [0.25, 0.3) is 0 Å². The minimum Gasteiger partial charge on any atom is -0.497 e. The van der Waals surface area contributed by atoms with Crippen molar-refractivity contribution in [2.24, 2.45) is 5.92 Å². The van der Waals surface area contributed by atoms with Gasteiger partial charge in [0.1, 0.15) is 5.75 Å². The molecule has 0 aromatic heterocycles. The predicted molar refractivity (Wildman–Crippen MR) is 114 cm³/mol. The fourth-order valence-electron chi connectivity index (χ4n) is 3.67. The average molecular weight is 417 g/mol. The highest BCUT2D eigenvalue weighted by Gasteiger charge is 2.25. The Labute approximate surface area is 172 Å². The van der Waals surface area contributed by atoms with Crippen LogP contribution in [0.3, 0.4) is 0 Å². The lowest BCUT2D eigenvalue weighted by molar-refractivity contribution is 0.0910. The molecule has 7 heteroatoms. The van der Waals surface area contributed by atoms with E-state index in [-0.39, 0.29) is 16.8 Å². The summed E-state index contributed by atoms with van der Waals surface area (Å²) in [6.07, 6.45) is 4.37. The molecule has 3 rings (SSSR count). The fourth-order valence-corrected chi connectivity index (χ4v) is 4.91. The fraction of sp³-hybridized carbons (Fsp3) is 0.409. The van der Waals surface area contributed by atoms with Crippen LogP contribution >= 0.6 is 0 Å². The normalized spacial score (nSPS) is 19.4. The molecule has 2 atom stereocenters. The quantitative estimate of drug-likeness (QED) is 0.777. The van der Waals surface area contributed by atoms with Gasteiger partial charge in [-0.1, -0.05) is 25.8 Å². The number of hydrogen-bond donors (Lipinski definition) is 1. The minimum atomic E-state index is -3.80. The highest BCUT2D eigenvalue weighted by atomic mass is 32.2. The molecule has 1 N–H and O–H groups in total. The molecule has 0 aliphatic heterocycles. The van der Waals surface area contributed by atoms with Gasteiger partial charge < -0.3 is 10.1 Å². The van der Waals surface area contributed by atoms with E-state index in [1.807, 2.05) is 0 Å². The minimum absolute atomic E-state index is 0.0835. The van der Waals surface area contributed by atoms with Gasteiger partial charge in [0, 0.05) is 18.7 Å². The van der Waals surface area contributed by atoms with E-state index < -0.39 is 10.0 Å². The molecule has 0 spiro atoms. The molecular formula is C22H28N2O4S. The number of nitrogens with one attached hydrogen (secondary N) is 1. The summed E-state index contributed by atoms with van der Waals surface area (Å²) in [4.78, 5) is 12.8. The first-order chi connectivity index (χ1) is 13.8. The number of rotatable bonds is 6. The zero-order valence-corrected chi connectivity index (χ0v) is 17.9. The molecule has 29 heavy (non-hydrogen) atoms. The Balaban J connectivity index is 1.80. The summed E-state index contributed by atoms with van der Waals surface area (Å²) in [5.74, 6) is 0.851. The Morgan fingerprint density at radius 2 is 1.79 bits per heavy atom. The van der Waals surface area contributed by atoms with Crippen molar-refractivity contribution in [3.8, 4) is 5.75 Å². The van der Waals surface area contributed by atoms with Crippen LogP contribution < -0.4 is 14.4 Å². The topological polar surface area (TPSA) is 75.7 Å². The predicted octanol–water partition coefficient (Wildman–Crippen LogP) is 3.83. The first-order valence-corrected chi connectivity index (χ1v) is 11.3. The number of hydrogen-bond acceptors (Lipinski definition) is 4. The van der Waals surface area contributed by atoms with E-state index in [0.29, 0.717) is 22.9 Å². The molecule has 0 bridgehead atoms. The smallest absolute Gasteiger partial charge is 0.264 e. The van der Waals surface area contributed by atoms with E-state index in [9.17, 15) is 13.2 Å². The molecule has 1 fully saturated rings. The number of carbonyl (C=O) groups excluding carboxylic acids is 1. The number of amides is 1. The summed E-state index contributed by atoms with van der Waals surface area (Å²) in [5.41, 5.74) is 0.865. The van der Waals surface area contributed by atoms with Gasteiger partial charge in [0.25, 0.3) is 15.9 Å². The van der Waals surface area contributed by atoms with E-state index in [4.69, 9.17) is 4.74 Å². The van der Waals surface area contributed by atoms with Crippen molar-refractivity contribution in [1.29, 1.82) is 0 Å². The molecule has 1 aliphatic rings. The van der Waals surface area contributed by atoms with Gasteiger partial charge >= 0.3 is 0 Å². The standard InChI is InChI=1S/C22H28N2O4S/c1-16-7-4-5-10-21(16)23-22(25)17-8-6-9-20(15-17)29(26,27)24(2)18-11-13-19(28-3)14-12-18/h6,8-9,11-16,21H,4-5,7,10H2,1-3H3,(H,23,25)/t16-,21+/m0/s1. The molecule has 2 aromatic carbocycles. The van der Waals surface area contributed by atoms with Crippen molar-refractivity contribution in [2.45, 2.75) is 43.5 Å². The van der Waals surface area contributed by atoms with E-state index in [1.165, 1.54) is 29.9 Å². The molecule has 0 radical (unpaired) electrons. The maximum Gasteiger partial charge on any atom is 0.264 e. The number of carbonyl (C=O) groups is 1. The second-order valence-corrected chi connectivity index (χ2v) is 9.51. The summed E-state index contributed by atoms with van der Waals surface area (Å²) in [6, 6.07) is 13.1. The molecule has 1 saturated carbocycles. The molecular weight excluding hydrogens is 388 g/mol. The largest absolute Gasteiger partial charge is 0.497 e. The van der Waals surface area contributed by atoms with Crippen LogP contribution in [0.15, 0.2) is 53.4 Å². The van der Waals surface area contributed by atoms with Crippen molar-refractivity contribution in [3.63, 3.8) is 0 Å². The van der Waals surface area contributed by atoms with Crippen LogP contribution in [-0.4, -0.2) is 34.5 Å². The van der Waals surface area contributed by atoms with Crippen LogP contribution in [0.4, 0.5) is 5.69 Å². The summed E-state index contributed by atoms with van der Waals surface area (Å²) >= 11 is 0. The summed E-state index contributed by atoms with van der Waals surface area (Å²) in [7, 11) is -0.750. The van der Waals surface area contributed by atoms with Gasteiger partial charge in [-0.15, -0.1) is 0 Å². The number of benzene rings is 2. The molecule has 2 aromatic rings. The number of nitrogens with zero attached hydrogens (tertiary/aromatic N) is 1. The summed E-state index contributed by atoms with van der Waals surface area (Å²) < 4.78 is 32.5. The van der Waals surface area contributed by atoms with Crippen molar-refractivity contribution in [3.05, 3.63) is 54.1 Å². The molecule has 1 amide bonds. The van der Waals surface area contributed by atoms with Gasteiger partial charge in [-0.3, -0.25) is 9.10 Å². The van der Waals surface area contributed by atoms with Crippen molar-refractivity contribution in [1.82, 2.24) is 5.32 Å². The second-order valence-electron chi connectivity index (χ2n) is 7.54. The highest BCUT2D eigenvalue weighted by Crippen LogP contribution is 2.26. The molecule has 6 nitrogen and oxygen atoms in total. The highest BCUT2D eigenvalue weighted by molar-refractivity contribution is 7.92. The monoisotopic (exact) mass is 416 g/mol. The number of sulfonamides is 1. The van der Waals surface area contributed by atoms with E-state index in [0.717, 1.165) is 19.3 Å². The summed E-state index contributed by atoms with van der Waals surface area (Å²) in [5, 5.41) is 3.08. The summed E-state index contributed by atoms with van der Waals surface area (Å²) in [6.45, 7) is 2.15. The lowest BCUT2D eigenvalue weighted by Gasteiger charge is -2.29. The zero-order valence-electron chi connectivity index (χ0n) is 17.1. The maximum atomic E-state index is 13.1. The molecule has 156 valence electrons. The average Bonchev–Trinajstić information content (AvgIpc) is 2.75. The third-order valence-electron chi connectivity index (χ3n) is 5.62. The maximum absolute atomic E-state index is 13.1.